The van der Waals surface area contributed by atoms with Crippen LogP contribution in [0.3, 0.4) is 0 Å². The minimum atomic E-state index is 0.681. The third-order valence-electron chi connectivity index (χ3n) is 2.09. The minimum absolute atomic E-state index is 0.681. The highest BCUT2D eigenvalue weighted by Crippen LogP contribution is 2.06. The molecule has 0 N–H and O–H groups in total. The second-order valence-corrected chi connectivity index (χ2v) is 4.20. The zero-order chi connectivity index (χ0) is 19.2. The third kappa shape index (κ3) is 17.9. The van der Waals surface area contributed by atoms with E-state index in [1.165, 1.54) is 6.42 Å². The van der Waals surface area contributed by atoms with Gasteiger partial charge in [-0.1, -0.05) is 90.9 Å². The highest BCUT2D eigenvalue weighted by Gasteiger charge is 2.00. The lowest BCUT2D eigenvalue weighted by atomic mass is 10.4. The number of hydrogen-bond donors (Lipinski definition) is 0. The van der Waals surface area contributed by atoms with E-state index in [4.69, 9.17) is 0 Å². The molecule has 0 atom stereocenters. The van der Waals surface area contributed by atoms with E-state index in [-0.39, 0.29) is 0 Å². The van der Waals surface area contributed by atoms with Crippen molar-refractivity contribution in [1.82, 2.24) is 9.97 Å². The van der Waals surface area contributed by atoms with Gasteiger partial charge in [0, 0.05) is 25.1 Å². The molecule has 0 radical (unpaired) electrons. The van der Waals surface area contributed by atoms with Gasteiger partial charge in [-0.3, -0.25) is 0 Å². The fourth-order valence-corrected chi connectivity index (χ4v) is 1.02. The molecule has 2 aromatic rings. The van der Waals surface area contributed by atoms with Crippen molar-refractivity contribution < 1.29 is 0 Å². The van der Waals surface area contributed by atoms with Crippen molar-refractivity contribution in [3.63, 3.8) is 0 Å². The Morgan fingerprint density at radius 3 is 1.38 bits per heavy atom. The smallest absolute Gasteiger partial charge is 0.229 e. The van der Waals surface area contributed by atoms with Crippen LogP contribution in [0.25, 0.3) is 0 Å². The Hall–Kier alpha value is -2.16. The van der Waals surface area contributed by atoms with Crippen LogP contribution in [0.15, 0.2) is 67.1 Å². The maximum Gasteiger partial charge on any atom is 0.229 e. The zero-order valence-corrected chi connectivity index (χ0v) is 17.0. The molecule has 3 heteroatoms. The van der Waals surface area contributed by atoms with Crippen LogP contribution in [0.4, 0.5) is 5.95 Å². The molecule has 0 spiro atoms. The summed E-state index contributed by atoms with van der Waals surface area (Å²) in [6.07, 6.45) is 4.67. The molecule has 2 rings (SSSR count). The average Bonchev–Trinajstić information content (AvgIpc) is 2.67. The van der Waals surface area contributed by atoms with E-state index in [0.717, 1.165) is 5.70 Å². The van der Waals surface area contributed by atoms with E-state index in [1.807, 2.05) is 83.0 Å². The standard InChI is InChI=1S/C8H11N3.C6H6.C3H8.2C2H6/c1-7(2)11(3)8-9-5-4-6-10-8;1-2-4-6-5-3-1;1-3-2;2*1-2/h4-6H,1H2,2-3H3;1-6H;3H2,1-2H3;2*1-2H3. The van der Waals surface area contributed by atoms with Crippen LogP contribution in [0.1, 0.15) is 54.9 Å². The molecule has 3 nitrogen and oxygen atoms in total. The lowest BCUT2D eigenvalue weighted by Gasteiger charge is -2.15. The van der Waals surface area contributed by atoms with Crippen LogP contribution < -0.4 is 4.90 Å². The quantitative estimate of drug-likeness (QED) is 0.620. The summed E-state index contributed by atoms with van der Waals surface area (Å²) < 4.78 is 0. The molecule has 0 saturated carbocycles. The van der Waals surface area contributed by atoms with Crippen LogP contribution in [-0.4, -0.2) is 17.0 Å². The van der Waals surface area contributed by atoms with Gasteiger partial charge in [-0.05, 0) is 13.0 Å². The lowest BCUT2D eigenvalue weighted by molar-refractivity contribution is 0.988. The van der Waals surface area contributed by atoms with E-state index < -0.39 is 0 Å². The van der Waals surface area contributed by atoms with Gasteiger partial charge in [-0.2, -0.15) is 0 Å². The van der Waals surface area contributed by atoms with Crippen LogP contribution in [0.2, 0.25) is 0 Å². The van der Waals surface area contributed by atoms with Gasteiger partial charge in [0.1, 0.15) is 0 Å². The predicted molar refractivity (Wildman–Crippen MR) is 110 cm³/mol. The largest absolute Gasteiger partial charge is 0.318 e. The first-order chi connectivity index (χ1) is 11.6. The molecule has 136 valence electrons. The SMILES string of the molecule is C=C(C)N(C)c1ncccn1.CC.CC.CCC.c1ccccc1. The molecule has 0 bridgehead atoms. The zero-order valence-electron chi connectivity index (χ0n) is 17.0. The van der Waals surface area contributed by atoms with Crippen LogP contribution in [0.5, 0.6) is 0 Å². The van der Waals surface area contributed by atoms with E-state index in [2.05, 4.69) is 30.4 Å². The molecule has 1 aromatic heterocycles. The maximum absolute atomic E-state index is 4.05. The monoisotopic (exact) mass is 331 g/mol. The molecule has 0 fully saturated rings. The van der Waals surface area contributed by atoms with Crippen molar-refractivity contribution >= 4 is 5.95 Å². The number of aromatic nitrogens is 2. The first-order valence-electron chi connectivity index (χ1n) is 8.79. The van der Waals surface area contributed by atoms with Gasteiger partial charge in [0.05, 0.1) is 0 Å². The summed E-state index contributed by atoms with van der Waals surface area (Å²) in [7, 11) is 1.89. The number of nitrogens with zero attached hydrogens (tertiary/aromatic N) is 3. The summed E-state index contributed by atoms with van der Waals surface area (Å²) >= 11 is 0. The van der Waals surface area contributed by atoms with Gasteiger partial charge in [0.15, 0.2) is 0 Å². The first kappa shape index (κ1) is 26.7. The number of benzene rings is 1. The molecule has 24 heavy (non-hydrogen) atoms. The first-order valence-corrected chi connectivity index (χ1v) is 8.79. The van der Waals surface area contributed by atoms with Crippen molar-refractivity contribution in [2.24, 2.45) is 0 Å². The van der Waals surface area contributed by atoms with Gasteiger partial charge >= 0.3 is 0 Å². The minimum Gasteiger partial charge on any atom is -0.318 e. The summed E-state index contributed by atoms with van der Waals surface area (Å²) in [5.74, 6) is 0.681. The molecular formula is C21H37N3. The Balaban J connectivity index is -0.000000287. The van der Waals surface area contributed by atoms with Crippen LogP contribution >= 0.6 is 0 Å². The highest BCUT2D eigenvalue weighted by atomic mass is 15.2. The Bertz CT molecular complexity index is 414. The highest BCUT2D eigenvalue weighted by molar-refractivity contribution is 5.35. The van der Waals surface area contributed by atoms with Gasteiger partial charge in [-0.25, -0.2) is 9.97 Å². The molecule has 0 amide bonds. The molecule has 0 aliphatic heterocycles. The second kappa shape index (κ2) is 23.1. The maximum atomic E-state index is 4.05. The van der Waals surface area contributed by atoms with Crippen LogP contribution in [-0.2, 0) is 0 Å². The third-order valence-corrected chi connectivity index (χ3v) is 2.09. The van der Waals surface area contributed by atoms with E-state index in [9.17, 15) is 0 Å². The number of rotatable bonds is 2. The molecule has 1 heterocycles. The van der Waals surface area contributed by atoms with Gasteiger partial charge in [0.25, 0.3) is 0 Å². The molecular weight excluding hydrogens is 294 g/mol. The summed E-state index contributed by atoms with van der Waals surface area (Å²) in [6.45, 7) is 17.9. The van der Waals surface area contributed by atoms with Crippen molar-refractivity contribution in [1.29, 1.82) is 0 Å². The van der Waals surface area contributed by atoms with Crippen LogP contribution in [0, 0.1) is 0 Å². The van der Waals surface area contributed by atoms with E-state index in [1.54, 1.807) is 18.5 Å². The summed E-state index contributed by atoms with van der Waals surface area (Å²) in [6, 6.07) is 13.8. The molecule has 1 aromatic carbocycles. The number of allylic oxidation sites excluding steroid dienone is 1. The van der Waals surface area contributed by atoms with Crippen molar-refractivity contribution in [3.8, 4) is 0 Å². The van der Waals surface area contributed by atoms with Gasteiger partial charge in [0.2, 0.25) is 5.95 Å². The number of hydrogen-bond acceptors (Lipinski definition) is 3. The van der Waals surface area contributed by atoms with Gasteiger partial charge in [-0.15, -0.1) is 0 Å². The molecule has 0 aliphatic carbocycles. The van der Waals surface area contributed by atoms with E-state index in [0.29, 0.717) is 5.95 Å². The lowest BCUT2D eigenvalue weighted by Crippen LogP contribution is -2.15. The van der Waals surface area contributed by atoms with Crippen molar-refractivity contribution in [3.05, 3.63) is 67.1 Å². The van der Waals surface area contributed by atoms with Crippen molar-refractivity contribution in [2.45, 2.75) is 54.9 Å². The van der Waals surface area contributed by atoms with E-state index >= 15 is 0 Å². The molecule has 0 saturated heterocycles. The topological polar surface area (TPSA) is 29.0 Å². The summed E-state index contributed by atoms with van der Waals surface area (Å²) in [5.41, 5.74) is 0.927. The fraction of sp³-hybridized carbons (Fsp3) is 0.429. The number of anilines is 1. The average molecular weight is 332 g/mol. The Labute approximate surface area is 150 Å². The second-order valence-electron chi connectivity index (χ2n) is 4.20. The predicted octanol–water partition coefficient (Wildman–Crippen LogP) is 6.60. The van der Waals surface area contributed by atoms with Crippen molar-refractivity contribution in [2.75, 3.05) is 11.9 Å². The summed E-state index contributed by atoms with van der Waals surface area (Å²) in [5, 5.41) is 0. The normalized spacial score (nSPS) is 7.50. The Morgan fingerprint density at radius 2 is 1.12 bits per heavy atom. The van der Waals surface area contributed by atoms with Gasteiger partial charge < -0.3 is 4.90 Å². The fourth-order valence-electron chi connectivity index (χ4n) is 1.02. The Kier molecular flexibility index (Phi) is 25.7. The Morgan fingerprint density at radius 1 is 0.833 bits per heavy atom. The molecule has 0 unspecified atom stereocenters. The summed E-state index contributed by atoms with van der Waals surface area (Å²) in [4.78, 5) is 9.94. The molecule has 0 aliphatic rings.